The van der Waals surface area contributed by atoms with Crippen molar-refractivity contribution < 1.29 is 24.1 Å². The van der Waals surface area contributed by atoms with E-state index >= 15 is 0 Å². The Bertz CT molecular complexity index is 414. The maximum Gasteiger partial charge on any atom is 0.303 e. The van der Waals surface area contributed by atoms with Gasteiger partial charge in [-0.1, -0.05) is 0 Å². The molecule has 18 heavy (non-hydrogen) atoms. The van der Waals surface area contributed by atoms with E-state index in [2.05, 4.69) is 0 Å². The molecule has 0 saturated carbocycles. The Balaban J connectivity index is 2.91. The molecule has 0 atom stereocenters. The van der Waals surface area contributed by atoms with Gasteiger partial charge in [-0.2, -0.15) is 0 Å². The van der Waals surface area contributed by atoms with Gasteiger partial charge in [0.05, 0.1) is 21.3 Å². The standard InChI is InChI=1S/C13H18O5/c1-16-10-8-12(18-3)11(17-2)7-9(10)5-4-6-13(14)15/h7-8H,4-6H2,1-3H3,(H,14,15). The Morgan fingerprint density at radius 3 is 2.11 bits per heavy atom. The van der Waals surface area contributed by atoms with Crippen molar-refractivity contribution in [2.45, 2.75) is 19.3 Å². The number of carboxylic acid groups (broad SMARTS) is 1. The Labute approximate surface area is 106 Å². The second-order valence-corrected chi connectivity index (χ2v) is 3.77. The monoisotopic (exact) mass is 254 g/mol. The maximum atomic E-state index is 10.5. The number of ether oxygens (including phenoxy) is 3. The number of aryl methyl sites for hydroxylation is 1. The molecule has 1 aromatic carbocycles. The van der Waals surface area contributed by atoms with Gasteiger partial charge in [0.15, 0.2) is 11.5 Å². The van der Waals surface area contributed by atoms with E-state index in [1.807, 2.05) is 6.07 Å². The molecule has 5 nitrogen and oxygen atoms in total. The number of benzene rings is 1. The fourth-order valence-corrected chi connectivity index (χ4v) is 1.72. The van der Waals surface area contributed by atoms with Crippen LogP contribution in [0.4, 0.5) is 0 Å². The fraction of sp³-hybridized carbons (Fsp3) is 0.462. The minimum atomic E-state index is -0.797. The second-order valence-electron chi connectivity index (χ2n) is 3.77. The van der Waals surface area contributed by atoms with Gasteiger partial charge in [0, 0.05) is 12.5 Å². The first kappa shape index (κ1) is 14.2. The van der Waals surface area contributed by atoms with Gasteiger partial charge in [-0.3, -0.25) is 4.79 Å². The van der Waals surface area contributed by atoms with Crippen LogP contribution in [0.3, 0.4) is 0 Å². The van der Waals surface area contributed by atoms with E-state index in [0.717, 1.165) is 5.56 Å². The van der Waals surface area contributed by atoms with Crippen LogP contribution in [0.15, 0.2) is 12.1 Å². The summed E-state index contributed by atoms with van der Waals surface area (Å²) in [6, 6.07) is 3.56. The number of rotatable bonds is 7. The molecule has 0 aliphatic heterocycles. The van der Waals surface area contributed by atoms with Crippen molar-refractivity contribution in [3.05, 3.63) is 17.7 Å². The SMILES string of the molecule is COc1cc(OC)c(OC)cc1CCCC(=O)O. The summed E-state index contributed by atoms with van der Waals surface area (Å²) in [4.78, 5) is 10.5. The van der Waals surface area contributed by atoms with Crippen LogP contribution in [0.25, 0.3) is 0 Å². The van der Waals surface area contributed by atoms with E-state index in [0.29, 0.717) is 30.1 Å². The molecule has 0 unspecified atom stereocenters. The lowest BCUT2D eigenvalue weighted by molar-refractivity contribution is -0.137. The summed E-state index contributed by atoms with van der Waals surface area (Å²) >= 11 is 0. The maximum absolute atomic E-state index is 10.5. The molecule has 100 valence electrons. The van der Waals surface area contributed by atoms with Crippen LogP contribution in [-0.4, -0.2) is 32.4 Å². The summed E-state index contributed by atoms with van der Waals surface area (Å²) in [5.41, 5.74) is 0.913. The first-order valence-electron chi connectivity index (χ1n) is 5.63. The van der Waals surface area contributed by atoms with Crippen molar-refractivity contribution in [2.24, 2.45) is 0 Å². The molecule has 0 radical (unpaired) electrons. The molecule has 0 fully saturated rings. The van der Waals surface area contributed by atoms with E-state index in [-0.39, 0.29) is 6.42 Å². The zero-order valence-corrected chi connectivity index (χ0v) is 10.9. The van der Waals surface area contributed by atoms with Crippen molar-refractivity contribution >= 4 is 5.97 Å². The van der Waals surface area contributed by atoms with Gasteiger partial charge in [-0.05, 0) is 24.5 Å². The zero-order valence-electron chi connectivity index (χ0n) is 10.9. The molecule has 0 heterocycles. The molecule has 1 aromatic rings. The highest BCUT2D eigenvalue weighted by atomic mass is 16.5. The zero-order chi connectivity index (χ0) is 13.5. The third-order valence-corrected chi connectivity index (χ3v) is 2.62. The summed E-state index contributed by atoms with van der Waals surface area (Å²) in [5.74, 6) is 1.09. The molecule has 0 saturated heterocycles. The van der Waals surface area contributed by atoms with E-state index < -0.39 is 5.97 Å². The van der Waals surface area contributed by atoms with Crippen LogP contribution in [0.5, 0.6) is 17.2 Å². The van der Waals surface area contributed by atoms with Gasteiger partial charge in [0.1, 0.15) is 5.75 Å². The Morgan fingerprint density at radius 1 is 1.06 bits per heavy atom. The molecular weight excluding hydrogens is 236 g/mol. The van der Waals surface area contributed by atoms with Gasteiger partial charge in [0.2, 0.25) is 0 Å². The normalized spacial score (nSPS) is 9.94. The molecule has 1 rings (SSSR count). The second kappa shape index (κ2) is 6.74. The van der Waals surface area contributed by atoms with Crippen molar-refractivity contribution in [1.82, 2.24) is 0 Å². The molecule has 0 aliphatic carbocycles. The van der Waals surface area contributed by atoms with Crippen LogP contribution >= 0.6 is 0 Å². The van der Waals surface area contributed by atoms with Crippen LogP contribution in [0, 0.1) is 0 Å². The number of hydrogen-bond donors (Lipinski definition) is 1. The number of methoxy groups -OCH3 is 3. The molecule has 0 spiro atoms. The number of carbonyl (C=O) groups is 1. The molecule has 1 N–H and O–H groups in total. The third kappa shape index (κ3) is 3.55. The Kier molecular flexibility index (Phi) is 5.30. The highest BCUT2D eigenvalue weighted by molar-refractivity contribution is 5.66. The van der Waals surface area contributed by atoms with E-state index in [4.69, 9.17) is 19.3 Å². The summed E-state index contributed by atoms with van der Waals surface area (Å²) in [6.45, 7) is 0. The molecule has 0 amide bonds. The lowest BCUT2D eigenvalue weighted by Crippen LogP contribution is -1.99. The van der Waals surface area contributed by atoms with Gasteiger partial charge in [-0.25, -0.2) is 0 Å². The average molecular weight is 254 g/mol. The summed E-state index contributed by atoms with van der Waals surface area (Å²) in [6.07, 6.45) is 1.31. The minimum Gasteiger partial charge on any atom is -0.496 e. The largest absolute Gasteiger partial charge is 0.496 e. The summed E-state index contributed by atoms with van der Waals surface area (Å²) in [5, 5.41) is 8.62. The lowest BCUT2D eigenvalue weighted by atomic mass is 10.1. The molecule has 0 aliphatic rings. The first-order valence-corrected chi connectivity index (χ1v) is 5.63. The van der Waals surface area contributed by atoms with Crippen LogP contribution in [0.1, 0.15) is 18.4 Å². The van der Waals surface area contributed by atoms with Crippen LogP contribution < -0.4 is 14.2 Å². The average Bonchev–Trinajstić information content (AvgIpc) is 2.37. The van der Waals surface area contributed by atoms with E-state index in [1.165, 1.54) is 0 Å². The van der Waals surface area contributed by atoms with Gasteiger partial charge >= 0.3 is 5.97 Å². The van der Waals surface area contributed by atoms with Gasteiger partial charge < -0.3 is 19.3 Å². The smallest absolute Gasteiger partial charge is 0.303 e. The molecule has 5 heteroatoms. The number of aliphatic carboxylic acids is 1. The third-order valence-electron chi connectivity index (χ3n) is 2.62. The molecule has 0 aromatic heterocycles. The van der Waals surface area contributed by atoms with Gasteiger partial charge in [0.25, 0.3) is 0 Å². The highest BCUT2D eigenvalue weighted by Crippen LogP contribution is 2.35. The predicted molar refractivity (Wildman–Crippen MR) is 66.7 cm³/mol. The van der Waals surface area contributed by atoms with Crippen molar-refractivity contribution in [1.29, 1.82) is 0 Å². The molecular formula is C13H18O5. The lowest BCUT2D eigenvalue weighted by Gasteiger charge is -2.13. The number of hydrogen-bond acceptors (Lipinski definition) is 4. The van der Waals surface area contributed by atoms with Gasteiger partial charge in [-0.15, -0.1) is 0 Å². The summed E-state index contributed by atoms with van der Waals surface area (Å²) in [7, 11) is 4.69. The van der Waals surface area contributed by atoms with Crippen LogP contribution in [0.2, 0.25) is 0 Å². The van der Waals surface area contributed by atoms with Crippen molar-refractivity contribution in [2.75, 3.05) is 21.3 Å². The predicted octanol–water partition coefficient (Wildman–Crippen LogP) is 2.12. The minimum absolute atomic E-state index is 0.136. The van der Waals surface area contributed by atoms with Crippen molar-refractivity contribution in [3.63, 3.8) is 0 Å². The quantitative estimate of drug-likeness (QED) is 0.807. The number of carboxylic acids is 1. The van der Waals surface area contributed by atoms with Crippen molar-refractivity contribution in [3.8, 4) is 17.2 Å². The Hall–Kier alpha value is -1.91. The topological polar surface area (TPSA) is 65.0 Å². The summed E-state index contributed by atoms with van der Waals surface area (Å²) < 4.78 is 15.6. The molecule has 0 bridgehead atoms. The fourth-order valence-electron chi connectivity index (χ4n) is 1.72. The van der Waals surface area contributed by atoms with Crippen LogP contribution in [-0.2, 0) is 11.2 Å². The van der Waals surface area contributed by atoms with E-state index in [1.54, 1.807) is 27.4 Å². The van der Waals surface area contributed by atoms with E-state index in [9.17, 15) is 4.79 Å². The Morgan fingerprint density at radius 2 is 1.61 bits per heavy atom. The highest BCUT2D eigenvalue weighted by Gasteiger charge is 2.11. The first-order chi connectivity index (χ1) is 8.62.